The summed E-state index contributed by atoms with van der Waals surface area (Å²) in [5.74, 6) is 0.949. The molecule has 0 radical (unpaired) electrons. The number of hydrogen-bond acceptors (Lipinski definition) is 1. The van der Waals surface area contributed by atoms with Crippen molar-refractivity contribution < 1.29 is 4.74 Å². The smallest absolute Gasteiger partial charge is 0.126 e. The minimum atomic E-state index is 0.949. The first-order valence-corrected chi connectivity index (χ1v) is 5.91. The molecule has 0 amide bonds. The lowest BCUT2D eigenvalue weighted by Gasteiger charge is -2.06. The highest BCUT2D eigenvalue weighted by molar-refractivity contribution is 5.88. The molecule has 0 unspecified atom stereocenters. The summed E-state index contributed by atoms with van der Waals surface area (Å²) in [6.45, 7) is 6.17. The largest absolute Gasteiger partial charge is 0.496 e. The molecule has 2 aromatic carbocycles. The molecule has 0 heterocycles. The molecule has 86 valence electrons. The van der Waals surface area contributed by atoms with Crippen molar-refractivity contribution in [2.45, 2.75) is 27.2 Å². The molecule has 0 saturated carbocycles. The van der Waals surface area contributed by atoms with Gasteiger partial charge >= 0.3 is 0 Å². The maximum atomic E-state index is 5.30. The number of aryl methyl sites for hydroxylation is 1. The van der Waals surface area contributed by atoms with Crippen molar-refractivity contribution >= 4 is 10.8 Å². The van der Waals surface area contributed by atoms with Crippen LogP contribution in [0.3, 0.4) is 0 Å². The summed E-state index contributed by atoms with van der Waals surface area (Å²) in [6, 6.07) is 12.7. The molecule has 0 aliphatic heterocycles. The van der Waals surface area contributed by atoms with Crippen LogP contribution >= 0.6 is 0 Å². The third-order valence-corrected chi connectivity index (χ3v) is 2.53. The van der Waals surface area contributed by atoms with E-state index in [1.807, 2.05) is 26.0 Å². The molecule has 16 heavy (non-hydrogen) atoms. The van der Waals surface area contributed by atoms with Crippen molar-refractivity contribution in [2.75, 3.05) is 7.11 Å². The third-order valence-electron chi connectivity index (χ3n) is 2.53. The van der Waals surface area contributed by atoms with Crippen molar-refractivity contribution in [2.24, 2.45) is 0 Å². The van der Waals surface area contributed by atoms with E-state index in [4.69, 9.17) is 4.74 Å². The van der Waals surface area contributed by atoms with Gasteiger partial charge in [-0.3, -0.25) is 0 Å². The highest BCUT2D eigenvalue weighted by Gasteiger charge is 2.00. The SMILES string of the molecule is CC.CCc1ccc2c(OC)cccc2c1. The van der Waals surface area contributed by atoms with E-state index in [2.05, 4.69) is 31.2 Å². The highest BCUT2D eigenvalue weighted by atomic mass is 16.5. The van der Waals surface area contributed by atoms with E-state index in [0.29, 0.717) is 0 Å². The van der Waals surface area contributed by atoms with Crippen molar-refractivity contribution in [1.29, 1.82) is 0 Å². The zero-order valence-electron chi connectivity index (χ0n) is 10.6. The van der Waals surface area contributed by atoms with Gasteiger partial charge in [-0.25, -0.2) is 0 Å². The molecule has 0 aliphatic rings. The molecule has 0 bridgehead atoms. The Morgan fingerprint density at radius 1 is 1.06 bits per heavy atom. The topological polar surface area (TPSA) is 9.23 Å². The van der Waals surface area contributed by atoms with Gasteiger partial charge in [0.05, 0.1) is 7.11 Å². The Balaban J connectivity index is 0.000000606. The fraction of sp³-hybridized carbons (Fsp3) is 0.333. The lowest BCUT2D eigenvalue weighted by atomic mass is 10.1. The number of benzene rings is 2. The van der Waals surface area contributed by atoms with Crippen LogP contribution in [0, 0.1) is 0 Å². The zero-order valence-corrected chi connectivity index (χ0v) is 10.6. The molecular formula is C15H20O. The first-order valence-electron chi connectivity index (χ1n) is 5.91. The van der Waals surface area contributed by atoms with E-state index in [0.717, 1.165) is 12.2 Å². The van der Waals surface area contributed by atoms with E-state index in [9.17, 15) is 0 Å². The van der Waals surface area contributed by atoms with Crippen LogP contribution in [-0.2, 0) is 6.42 Å². The summed E-state index contributed by atoms with van der Waals surface area (Å²) in [5, 5.41) is 2.44. The number of fused-ring (bicyclic) bond motifs is 1. The van der Waals surface area contributed by atoms with E-state index in [1.165, 1.54) is 16.3 Å². The average molecular weight is 216 g/mol. The van der Waals surface area contributed by atoms with Gasteiger partial charge in [0, 0.05) is 5.39 Å². The van der Waals surface area contributed by atoms with Crippen LogP contribution in [0.1, 0.15) is 26.3 Å². The normalized spacial score (nSPS) is 9.50. The minimum Gasteiger partial charge on any atom is -0.496 e. The van der Waals surface area contributed by atoms with Gasteiger partial charge in [-0.05, 0) is 23.4 Å². The van der Waals surface area contributed by atoms with Gasteiger partial charge in [-0.1, -0.05) is 51.1 Å². The number of rotatable bonds is 2. The molecular weight excluding hydrogens is 196 g/mol. The standard InChI is InChI=1S/C13H14O.C2H6/c1-3-10-7-8-12-11(9-10)5-4-6-13(12)14-2;1-2/h4-9H,3H2,1-2H3;1-2H3. The summed E-state index contributed by atoms with van der Waals surface area (Å²) in [7, 11) is 1.71. The van der Waals surface area contributed by atoms with Gasteiger partial charge < -0.3 is 4.74 Å². The fourth-order valence-corrected chi connectivity index (χ4v) is 1.70. The predicted molar refractivity (Wildman–Crippen MR) is 71.2 cm³/mol. The van der Waals surface area contributed by atoms with Crippen molar-refractivity contribution in [3.8, 4) is 5.75 Å². The van der Waals surface area contributed by atoms with Crippen LogP contribution in [-0.4, -0.2) is 7.11 Å². The molecule has 0 aliphatic carbocycles. The van der Waals surface area contributed by atoms with Crippen LogP contribution in [0.5, 0.6) is 5.75 Å². The van der Waals surface area contributed by atoms with Crippen molar-refractivity contribution in [3.05, 3.63) is 42.0 Å². The summed E-state index contributed by atoms with van der Waals surface area (Å²) >= 11 is 0. The molecule has 0 aromatic heterocycles. The number of ether oxygens (including phenoxy) is 1. The van der Waals surface area contributed by atoms with Crippen molar-refractivity contribution in [1.82, 2.24) is 0 Å². The van der Waals surface area contributed by atoms with Gasteiger partial charge in [0.15, 0.2) is 0 Å². The third kappa shape index (κ3) is 2.54. The summed E-state index contributed by atoms with van der Waals surface area (Å²) in [4.78, 5) is 0. The Morgan fingerprint density at radius 2 is 1.81 bits per heavy atom. The molecule has 0 fully saturated rings. The maximum Gasteiger partial charge on any atom is 0.126 e. The molecule has 2 rings (SSSR count). The Labute approximate surface area is 98.1 Å². The van der Waals surface area contributed by atoms with Gasteiger partial charge in [0.2, 0.25) is 0 Å². The molecule has 2 aromatic rings. The van der Waals surface area contributed by atoms with Crippen LogP contribution in [0.2, 0.25) is 0 Å². The quantitative estimate of drug-likeness (QED) is 0.721. The second kappa shape index (κ2) is 6.16. The molecule has 0 atom stereocenters. The summed E-state index contributed by atoms with van der Waals surface area (Å²) < 4.78 is 5.30. The van der Waals surface area contributed by atoms with Crippen LogP contribution in [0.4, 0.5) is 0 Å². The second-order valence-corrected chi connectivity index (χ2v) is 3.37. The lowest BCUT2D eigenvalue weighted by molar-refractivity contribution is 0.420. The Morgan fingerprint density at radius 3 is 2.44 bits per heavy atom. The average Bonchev–Trinajstić information content (AvgIpc) is 2.39. The summed E-state index contributed by atoms with van der Waals surface area (Å²) in [6.07, 6.45) is 1.08. The van der Waals surface area contributed by atoms with Gasteiger partial charge in [0.1, 0.15) is 5.75 Å². The monoisotopic (exact) mass is 216 g/mol. The predicted octanol–water partition coefficient (Wildman–Crippen LogP) is 4.44. The highest BCUT2D eigenvalue weighted by Crippen LogP contribution is 2.25. The Hall–Kier alpha value is -1.50. The van der Waals surface area contributed by atoms with Crippen LogP contribution in [0.15, 0.2) is 36.4 Å². The molecule has 0 spiro atoms. The molecule has 0 saturated heterocycles. The first kappa shape index (κ1) is 12.6. The fourth-order valence-electron chi connectivity index (χ4n) is 1.70. The second-order valence-electron chi connectivity index (χ2n) is 3.37. The first-order chi connectivity index (χ1) is 7.85. The molecule has 1 heteroatoms. The van der Waals surface area contributed by atoms with Gasteiger partial charge in [0.25, 0.3) is 0 Å². The molecule has 1 nitrogen and oxygen atoms in total. The molecule has 0 N–H and O–H groups in total. The summed E-state index contributed by atoms with van der Waals surface area (Å²) in [5.41, 5.74) is 1.37. The zero-order chi connectivity index (χ0) is 12.0. The van der Waals surface area contributed by atoms with E-state index < -0.39 is 0 Å². The minimum absolute atomic E-state index is 0.949. The van der Waals surface area contributed by atoms with E-state index >= 15 is 0 Å². The van der Waals surface area contributed by atoms with Gasteiger partial charge in [-0.2, -0.15) is 0 Å². The Bertz CT molecular complexity index is 446. The van der Waals surface area contributed by atoms with Crippen LogP contribution in [0.25, 0.3) is 10.8 Å². The Kier molecular flexibility index (Phi) is 4.84. The van der Waals surface area contributed by atoms with Gasteiger partial charge in [-0.15, -0.1) is 0 Å². The number of hydrogen-bond donors (Lipinski definition) is 0. The van der Waals surface area contributed by atoms with E-state index in [-0.39, 0.29) is 0 Å². The van der Waals surface area contributed by atoms with Crippen LogP contribution < -0.4 is 4.74 Å². The number of methoxy groups -OCH3 is 1. The lowest BCUT2D eigenvalue weighted by Crippen LogP contribution is -1.86. The maximum absolute atomic E-state index is 5.30. The van der Waals surface area contributed by atoms with E-state index in [1.54, 1.807) is 7.11 Å². The van der Waals surface area contributed by atoms with Crippen molar-refractivity contribution in [3.63, 3.8) is 0 Å².